The van der Waals surface area contributed by atoms with Crippen molar-refractivity contribution in [1.82, 2.24) is 4.57 Å². The molecule has 0 bridgehead atoms. The van der Waals surface area contributed by atoms with Crippen LogP contribution in [0.5, 0.6) is 0 Å². The Morgan fingerprint density at radius 3 is 2.61 bits per heavy atom. The van der Waals surface area contributed by atoms with E-state index in [1.165, 1.54) is 0 Å². The van der Waals surface area contributed by atoms with Crippen LogP contribution in [0.2, 0.25) is 5.02 Å². The van der Waals surface area contributed by atoms with Crippen LogP contribution < -0.4 is 0 Å². The number of halogens is 1. The second-order valence-corrected chi connectivity index (χ2v) is 5.34. The minimum absolute atomic E-state index is 0.662. The monoisotopic (exact) mass is 265 g/mol. The molecule has 0 fully saturated rings. The molecule has 4 heteroatoms. The first-order valence-corrected chi connectivity index (χ1v) is 6.28. The molecule has 2 rings (SSSR count). The van der Waals surface area contributed by atoms with E-state index in [0.29, 0.717) is 5.02 Å². The van der Waals surface area contributed by atoms with Gasteiger partial charge in [0.2, 0.25) is 0 Å². The highest BCUT2D eigenvalue weighted by Gasteiger charge is 2.33. The third kappa shape index (κ3) is 1.89. The van der Waals surface area contributed by atoms with Crippen molar-refractivity contribution in [2.75, 3.05) is 0 Å². The van der Waals surface area contributed by atoms with E-state index in [0.717, 1.165) is 23.1 Å². The molecule has 0 amide bonds. The first-order chi connectivity index (χ1) is 8.37. The molecule has 1 N–H and O–H groups in total. The second kappa shape index (κ2) is 4.32. The molecule has 0 unspecified atom stereocenters. The van der Waals surface area contributed by atoms with Gasteiger partial charge in [-0.05, 0) is 45.0 Å². The Labute approximate surface area is 111 Å². The Hall–Kier alpha value is -1.48. The van der Waals surface area contributed by atoms with Gasteiger partial charge in [0.15, 0.2) is 0 Å². The number of carboxylic acid groups (broad SMARTS) is 1. The van der Waals surface area contributed by atoms with Crippen LogP contribution in [0, 0.1) is 0 Å². The molecule has 0 saturated heterocycles. The van der Waals surface area contributed by atoms with Crippen LogP contribution in [0.3, 0.4) is 0 Å². The Morgan fingerprint density at radius 2 is 2.06 bits per heavy atom. The van der Waals surface area contributed by atoms with Gasteiger partial charge in [0.05, 0.1) is 0 Å². The number of carboxylic acids is 1. The van der Waals surface area contributed by atoms with Crippen molar-refractivity contribution >= 4 is 28.5 Å². The zero-order chi connectivity index (χ0) is 13.5. The molecule has 0 spiro atoms. The predicted octanol–water partition coefficient (Wildman–Crippen LogP) is 3.68. The zero-order valence-corrected chi connectivity index (χ0v) is 11.5. The van der Waals surface area contributed by atoms with E-state index in [2.05, 4.69) is 0 Å². The van der Waals surface area contributed by atoms with Gasteiger partial charge in [-0.15, -0.1) is 0 Å². The number of fused-ring (bicyclic) bond motifs is 1. The summed E-state index contributed by atoms with van der Waals surface area (Å²) >= 11 is 5.97. The van der Waals surface area contributed by atoms with Crippen LogP contribution in [0.1, 0.15) is 26.5 Å². The van der Waals surface area contributed by atoms with Crippen molar-refractivity contribution in [3.8, 4) is 0 Å². The Kier molecular flexibility index (Phi) is 3.11. The lowest BCUT2D eigenvalue weighted by atomic mass is 9.89. The summed E-state index contributed by atoms with van der Waals surface area (Å²) in [4.78, 5) is 11.4. The van der Waals surface area contributed by atoms with E-state index in [4.69, 9.17) is 11.6 Å². The van der Waals surface area contributed by atoms with E-state index in [1.807, 2.05) is 35.8 Å². The number of nitrogens with zero attached hydrogens (tertiary/aromatic N) is 1. The SMILES string of the molecule is CCn1c(C(C)(C)C(=O)O)cc2cc(Cl)ccc21. The first kappa shape index (κ1) is 13.0. The molecule has 0 saturated carbocycles. The molecule has 0 aliphatic carbocycles. The van der Waals surface area contributed by atoms with Gasteiger partial charge in [-0.25, -0.2) is 0 Å². The second-order valence-electron chi connectivity index (χ2n) is 4.91. The summed E-state index contributed by atoms with van der Waals surface area (Å²) in [6.07, 6.45) is 0. The summed E-state index contributed by atoms with van der Waals surface area (Å²) < 4.78 is 2.03. The summed E-state index contributed by atoms with van der Waals surface area (Å²) in [5.74, 6) is -0.828. The minimum atomic E-state index is -0.915. The topological polar surface area (TPSA) is 42.2 Å². The standard InChI is InChI=1S/C14H16ClNO2/c1-4-16-11-6-5-10(15)7-9(11)8-12(16)14(2,3)13(17)18/h5-8H,4H2,1-3H3,(H,17,18). The number of aromatic nitrogens is 1. The Bertz CT molecular complexity index is 614. The van der Waals surface area contributed by atoms with Crippen LogP contribution in [-0.2, 0) is 16.8 Å². The molecule has 0 radical (unpaired) electrons. The van der Waals surface area contributed by atoms with Gasteiger partial charge in [0.1, 0.15) is 5.41 Å². The molecule has 3 nitrogen and oxygen atoms in total. The van der Waals surface area contributed by atoms with E-state index < -0.39 is 11.4 Å². The van der Waals surface area contributed by atoms with E-state index in [9.17, 15) is 9.90 Å². The third-order valence-electron chi connectivity index (χ3n) is 3.35. The summed E-state index contributed by atoms with van der Waals surface area (Å²) in [5, 5.41) is 11.0. The molecule has 18 heavy (non-hydrogen) atoms. The van der Waals surface area contributed by atoms with Gasteiger partial charge in [0, 0.05) is 28.2 Å². The lowest BCUT2D eigenvalue weighted by Gasteiger charge is -2.21. The fourth-order valence-electron chi connectivity index (χ4n) is 2.21. The number of aryl methyl sites for hydroxylation is 1. The number of hydrogen-bond acceptors (Lipinski definition) is 1. The summed E-state index contributed by atoms with van der Waals surface area (Å²) in [6.45, 7) is 6.18. The lowest BCUT2D eigenvalue weighted by molar-refractivity contribution is -0.142. The van der Waals surface area contributed by atoms with Crippen molar-refractivity contribution in [2.24, 2.45) is 0 Å². The van der Waals surface area contributed by atoms with Crippen LogP contribution in [0.4, 0.5) is 0 Å². The summed E-state index contributed by atoms with van der Waals surface area (Å²) in [7, 11) is 0. The number of aliphatic carboxylic acids is 1. The van der Waals surface area contributed by atoms with Gasteiger partial charge in [-0.3, -0.25) is 4.79 Å². The molecular weight excluding hydrogens is 250 g/mol. The molecular formula is C14H16ClNO2. The fraction of sp³-hybridized carbons (Fsp3) is 0.357. The quantitative estimate of drug-likeness (QED) is 0.920. The molecule has 1 aromatic heterocycles. The van der Waals surface area contributed by atoms with Gasteiger partial charge in [0.25, 0.3) is 0 Å². The molecule has 96 valence electrons. The molecule has 2 aromatic rings. The van der Waals surface area contributed by atoms with Crippen molar-refractivity contribution in [3.05, 3.63) is 35.0 Å². The van der Waals surface area contributed by atoms with Crippen molar-refractivity contribution in [2.45, 2.75) is 32.7 Å². The highest BCUT2D eigenvalue weighted by Crippen LogP contribution is 2.31. The van der Waals surface area contributed by atoms with Gasteiger partial charge < -0.3 is 9.67 Å². The van der Waals surface area contributed by atoms with Crippen LogP contribution in [0.25, 0.3) is 10.9 Å². The maximum absolute atomic E-state index is 11.4. The normalized spacial score (nSPS) is 12.0. The van der Waals surface area contributed by atoms with Gasteiger partial charge in [-0.1, -0.05) is 11.6 Å². The molecule has 1 heterocycles. The highest BCUT2D eigenvalue weighted by atomic mass is 35.5. The summed E-state index contributed by atoms with van der Waals surface area (Å²) in [6, 6.07) is 7.54. The van der Waals surface area contributed by atoms with Gasteiger partial charge >= 0.3 is 5.97 Å². The molecule has 0 aliphatic heterocycles. The predicted molar refractivity (Wildman–Crippen MR) is 73.3 cm³/mol. The van der Waals surface area contributed by atoms with Crippen molar-refractivity contribution in [3.63, 3.8) is 0 Å². The van der Waals surface area contributed by atoms with Crippen LogP contribution >= 0.6 is 11.6 Å². The average Bonchev–Trinajstić information content (AvgIpc) is 2.66. The smallest absolute Gasteiger partial charge is 0.315 e. The maximum Gasteiger partial charge on any atom is 0.315 e. The third-order valence-corrected chi connectivity index (χ3v) is 3.59. The first-order valence-electron chi connectivity index (χ1n) is 5.90. The number of benzene rings is 1. The molecule has 0 atom stereocenters. The number of rotatable bonds is 3. The number of hydrogen-bond donors (Lipinski definition) is 1. The highest BCUT2D eigenvalue weighted by molar-refractivity contribution is 6.31. The van der Waals surface area contributed by atoms with Crippen LogP contribution in [-0.4, -0.2) is 15.6 Å². The maximum atomic E-state index is 11.4. The van der Waals surface area contributed by atoms with Gasteiger partial charge in [-0.2, -0.15) is 0 Å². The zero-order valence-electron chi connectivity index (χ0n) is 10.7. The van der Waals surface area contributed by atoms with E-state index in [1.54, 1.807) is 13.8 Å². The van der Waals surface area contributed by atoms with E-state index >= 15 is 0 Å². The minimum Gasteiger partial charge on any atom is -0.481 e. The van der Waals surface area contributed by atoms with Crippen LogP contribution in [0.15, 0.2) is 24.3 Å². The largest absolute Gasteiger partial charge is 0.481 e. The number of carbonyl (C=O) groups is 1. The molecule has 0 aliphatic rings. The van der Waals surface area contributed by atoms with Crippen molar-refractivity contribution in [1.29, 1.82) is 0 Å². The average molecular weight is 266 g/mol. The van der Waals surface area contributed by atoms with Crippen molar-refractivity contribution < 1.29 is 9.90 Å². The Morgan fingerprint density at radius 1 is 1.39 bits per heavy atom. The fourth-order valence-corrected chi connectivity index (χ4v) is 2.39. The lowest BCUT2D eigenvalue weighted by Crippen LogP contribution is -2.31. The molecule has 1 aromatic carbocycles. The summed E-state index contributed by atoms with van der Waals surface area (Å²) in [5.41, 5.74) is 0.905. The van der Waals surface area contributed by atoms with E-state index in [-0.39, 0.29) is 0 Å². The Balaban J connectivity index is 2.75.